The predicted molar refractivity (Wildman–Crippen MR) is 77.4 cm³/mol. The molecule has 0 bridgehead atoms. The van der Waals surface area contributed by atoms with E-state index in [1.54, 1.807) is 0 Å². The molecule has 122 valence electrons. The number of ether oxygens (including phenoxy) is 1. The van der Waals surface area contributed by atoms with E-state index in [0.717, 1.165) is 23.9 Å². The first-order valence-corrected chi connectivity index (χ1v) is 6.51. The molecule has 0 saturated carbocycles. The molecule has 20 heavy (non-hydrogen) atoms. The summed E-state index contributed by atoms with van der Waals surface area (Å²) in [6.07, 6.45) is 2.39. The predicted octanol–water partition coefficient (Wildman–Crippen LogP) is -1.44. The maximum atomic E-state index is 11.5. The molecule has 0 aromatic heterocycles. The Labute approximate surface area is 129 Å². The van der Waals surface area contributed by atoms with Crippen molar-refractivity contribution >= 4 is 11.9 Å². The molecule has 0 heterocycles. The average Bonchev–Trinajstić information content (AvgIpc) is 2.21. The number of carbonyl (C=O) groups is 2. The summed E-state index contributed by atoms with van der Waals surface area (Å²) in [7, 11) is 6.12. The second-order valence-electron chi connectivity index (χ2n) is 5.66. The lowest BCUT2D eigenvalue weighted by atomic mass is 9.97. The van der Waals surface area contributed by atoms with Crippen LogP contribution in [0.15, 0.2) is 0 Å². The number of nitrogens with zero attached hydrogens (tertiary/aromatic N) is 1. The number of primary amides is 1. The van der Waals surface area contributed by atoms with Gasteiger partial charge in [0.05, 0.1) is 21.1 Å². The van der Waals surface area contributed by atoms with Gasteiger partial charge in [-0.05, 0) is 12.8 Å². The summed E-state index contributed by atoms with van der Waals surface area (Å²) in [4.78, 5) is 22.6. The average molecular weight is 311 g/mol. The number of rotatable bonds is 9. The molecule has 0 spiro atoms. The van der Waals surface area contributed by atoms with Crippen molar-refractivity contribution in [2.75, 3.05) is 34.3 Å². The van der Waals surface area contributed by atoms with Crippen molar-refractivity contribution in [1.82, 2.24) is 0 Å². The fraction of sp³-hybridized carbons (Fsp3) is 0.857. The molecule has 0 radical (unpaired) electrons. The van der Waals surface area contributed by atoms with Gasteiger partial charge in [-0.2, -0.15) is 0 Å². The van der Waals surface area contributed by atoms with E-state index in [9.17, 15) is 9.59 Å². The molecular weight excluding hydrogens is 280 g/mol. The number of hydrogen-bond donors (Lipinski definition) is 1. The van der Waals surface area contributed by atoms with E-state index < -0.39 is 0 Å². The lowest BCUT2D eigenvalue weighted by molar-refractivity contribution is -0.870. The smallest absolute Gasteiger partial charge is 0.306 e. The second kappa shape index (κ2) is 12.0. The number of quaternary nitrogens is 1. The zero-order valence-electron chi connectivity index (χ0n) is 12.4. The first-order valence-electron chi connectivity index (χ1n) is 6.51. The van der Waals surface area contributed by atoms with E-state index >= 15 is 0 Å². The van der Waals surface area contributed by atoms with Gasteiger partial charge in [-0.15, -0.1) is 0 Å². The lowest BCUT2D eigenvalue weighted by Crippen LogP contribution is -3.00. The second-order valence-corrected chi connectivity index (χ2v) is 5.66. The first kappa shape index (κ1) is 24.2. The number of halogens is 1. The molecule has 0 fully saturated rings. The molecule has 0 aliphatic heterocycles. The summed E-state index contributed by atoms with van der Waals surface area (Å²) >= 11 is 0. The van der Waals surface area contributed by atoms with Crippen LogP contribution in [-0.2, 0) is 14.3 Å². The van der Waals surface area contributed by atoms with Crippen molar-refractivity contribution in [3.63, 3.8) is 0 Å². The fourth-order valence-electron chi connectivity index (χ4n) is 1.57. The highest BCUT2D eigenvalue weighted by molar-refractivity contribution is 5.77. The maximum absolute atomic E-state index is 11.5. The maximum Gasteiger partial charge on any atom is 0.306 e. The van der Waals surface area contributed by atoms with Crippen LogP contribution < -0.4 is 18.1 Å². The van der Waals surface area contributed by atoms with Gasteiger partial charge in [0.1, 0.15) is 13.2 Å². The first-order chi connectivity index (χ1) is 8.26. The summed E-state index contributed by atoms with van der Waals surface area (Å²) in [6, 6.07) is 0. The molecule has 0 saturated heterocycles. The standard InChI is InChI=1S/C13H26N2O3.CH4.ClH/c1-5-6-11(13(14)17)7-8-12(16)18-10-9-15(2,3)4;;/h11H,5-10H2,1-4H3,(H-,14,17);1H4;1H. The molecule has 5 nitrogen and oxygen atoms in total. The van der Waals surface area contributed by atoms with Crippen molar-refractivity contribution in [2.24, 2.45) is 11.7 Å². The number of amides is 1. The van der Waals surface area contributed by atoms with Gasteiger partial charge in [0.15, 0.2) is 0 Å². The normalized spacial score (nSPS) is 11.8. The van der Waals surface area contributed by atoms with Crippen LogP contribution in [0.4, 0.5) is 0 Å². The third kappa shape index (κ3) is 13.6. The number of hydrogen-bond acceptors (Lipinski definition) is 3. The fourth-order valence-corrected chi connectivity index (χ4v) is 1.57. The highest BCUT2D eigenvalue weighted by Crippen LogP contribution is 2.13. The van der Waals surface area contributed by atoms with Crippen LogP contribution in [0.2, 0.25) is 0 Å². The zero-order valence-corrected chi connectivity index (χ0v) is 13.2. The van der Waals surface area contributed by atoms with Crippen molar-refractivity contribution in [2.45, 2.75) is 40.0 Å². The van der Waals surface area contributed by atoms with Crippen molar-refractivity contribution in [1.29, 1.82) is 0 Å². The largest absolute Gasteiger partial charge is 1.00 e. The molecule has 1 atom stereocenters. The lowest BCUT2D eigenvalue weighted by Gasteiger charge is -2.23. The molecule has 1 unspecified atom stereocenters. The van der Waals surface area contributed by atoms with Crippen LogP contribution in [0.5, 0.6) is 0 Å². The van der Waals surface area contributed by atoms with E-state index in [2.05, 4.69) is 0 Å². The van der Waals surface area contributed by atoms with Crippen LogP contribution in [0, 0.1) is 5.92 Å². The Balaban J connectivity index is -0.00000144. The Morgan fingerprint density at radius 3 is 2.15 bits per heavy atom. The SMILES string of the molecule is C.CCCC(CCC(=O)OCC[N+](C)(C)C)C(N)=O.[Cl-]. The molecule has 0 rings (SSSR count). The molecule has 0 aliphatic carbocycles. The number of likely N-dealkylation sites (N-methyl/N-ethyl adjacent to an activating group) is 1. The number of nitrogens with two attached hydrogens (primary N) is 1. The van der Waals surface area contributed by atoms with Crippen molar-refractivity contribution in [3.05, 3.63) is 0 Å². The Morgan fingerprint density at radius 2 is 1.75 bits per heavy atom. The summed E-state index contributed by atoms with van der Waals surface area (Å²) in [5.74, 6) is -0.775. The quantitative estimate of drug-likeness (QED) is 0.419. The van der Waals surface area contributed by atoms with Gasteiger partial charge in [-0.25, -0.2) is 0 Å². The number of carbonyl (C=O) groups excluding carboxylic acids is 2. The minimum atomic E-state index is -0.323. The Bertz CT molecular complexity index is 278. The van der Waals surface area contributed by atoms with Crippen LogP contribution >= 0.6 is 0 Å². The molecule has 2 N–H and O–H groups in total. The molecule has 1 amide bonds. The zero-order chi connectivity index (χ0) is 14.2. The van der Waals surface area contributed by atoms with E-state index in [1.807, 2.05) is 28.1 Å². The van der Waals surface area contributed by atoms with Gasteiger partial charge in [0.25, 0.3) is 0 Å². The molecule has 0 aromatic carbocycles. The molecule has 0 aliphatic rings. The van der Waals surface area contributed by atoms with Gasteiger partial charge in [0.2, 0.25) is 5.91 Å². The minimum Gasteiger partial charge on any atom is -1.00 e. The summed E-state index contributed by atoms with van der Waals surface area (Å²) in [5.41, 5.74) is 5.27. The summed E-state index contributed by atoms with van der Waals surface area (Å²) in [5, 5.41) is 0. The van der Waals surface area contributed by atoms with Crippen molar-refractivity contribution in [3.8, 4) is 0 Å². The highest BCUT2D eigenvalue weighted by Gasteiger charge is 2.17. The summed E-state index contributed by atoms with van der Waals surface area (Å²) in [6.45, 7) is 3.19. The van der Waals surface area contributed by atoms with Crippen molar-refractivity contribution < 1.29 is 31.2 Å². The van der Waals surface area contributed by atoms with Crippen LogP contribution in [-0.4, -0.2) is 50.7 Å². The molecule has 6 heteroatoms. The van der Waals surface area contributed by atoms with Gasteiger partial charge >= 0.3 is 5.97 Å². The van der Waals surface area contributed by atoms with Gasteiger partial charge < -0.3 is 27.4 Å². The Morgan fingerprint density at radius 1 is 1.20 bits per heavy atom. The van der Waals surface area contributed by atoms with Gasteiger partial charge in [0, 0.05) is 12.3 Å². The number of esters is 1. The van der Waals surface area contributed by atoms with Crippen LogP contribution in [0.1, 0.15) is 40.0 Å². The minimum absolute atomic E-state index is 0. The summed E-state index contributed by atoms with van der Waals surface area (Å²) < 4.78 is 5.88. The van der Waals surface area contributed by atoms with E-state index in [4.69, 9.17) is 10.5 Å². The van der Waals surface area contributed by atoms with Crippen LogP contribution in [0.3, 0.4) is 0 Å². The van der Waals surface area contributed by atoms with E-state index in [0.29, 0.717) is 13.0 Å². The molecule has 0 aromatic rings. The van der Waals surface area contributed by atoms with Gasteiger partial charge in [-0.3, -0.25) is 9.59 Å². The Kier molecular flexibility index (Phi) is 14.5. The van der Waals surface area contributed by atoms with E-state index in [-0.39, 0.29) is 44.0 Å². The van der Waals surface area contributed by atoms with Gasteiger partial charge in [-0.1, -0.05) is 20.8 Å². The monoisotopic (exact) mass is 310 g/mol. The topological polar surface area (TPSA) is 69.4 Å². The Hall–Kier alpha value is -0.810. The third-order valence-corrected chi connectivity index (χ3v) is 2.76. The van der Waals surface area contributed by atoms with Crippen LogP contribution in [0.25, 0.3) is 0 Å². The highest BCUT2D eigenvalue weighted by atomic mass is 35.5. The van der Waals surface area contributed by atoms with E-state index in [1.165, 1.54) is 0 Å². The third-order valence-electron chi connectivity index (χ3n) is 2.76. The molecular formula is C14H31ClN2O3.